The van der Waals surface area contributed by atoms with E-state index in [0.717, 1.165) is 32.1 Å². The van der Waals surface area contributed by atoms with Crippen LogP contribution >= 0.6 is 7.82 Å². The third-order valence-electron chi connectivity index (χ3n) is 10.2. The topological polar surface area (TPSA) is 91.3 Å². The molecular formula is C45H91NO7P+. The summed E-state index contributed by atoms with van der Waals surface area (Å²) in [6, 6.07) is 0. The molecule has 0 saturated carbocycles. The Balaban J connectivity index is 4.21. The average Bonchev–Trinajstić information content (AvgIpc) is 3.12. The zero-order chi connectivity index (χ0) is 39.9. The molecular weight excluding hydrogens is 697 g/mol. The second-order valence-electron chi connectivity index (χ2n) is 16.9. The number of hydrogen-bond acceptors (Lipinski definition) is 6. The van der Waals surface area contributed by atoms with Crippen LogP contribution < -0.4 is 0 Å². The molecule has 0 amide bonds. The molecule has 0 aromatic rings. The molecule has 8 nitrogen and oxygen atoms in total. The van der Waals surface area contributed by atoms with Crippen LogP contribution in [-0.2, 0) is 27.9 Å². The molecule has 0 aliphatic carbocycles. The smallest absolute Gasteiger partial charge is 0.472 e. The van der Waals surface area contributed by atoms with E-state index in [2.05, 4.69) is 13.8 Å². The normalized spacial score (nSPS) is 13.7. The molecule has 0 aliphatic rings. The van der Waals surface area contributed by atoms with Gasteiger partial charge in [0.1, 0.15) is 19.8 Å². The van der Waals surface area contributed by atoms with Crippen LogP contribution in [0.2, 0.25) is 0 Å². The molecule has 0 saturated heterocycles. The van der Waals surface area contributed by atoms with Crippen molar-refractivity contribution in [1.82, 2.24) is 0 Å². The number of likely N-dealkylation sites (N-methyl/N-ethyl adjacent to an activating group) is 1. The molecule has 0 fully saturated rings. The summed E-state index contributed by atoms with van der Waals surface area (Å²) in [4.78, 5) is 22.9. The number of ether oxygens (including phenoxy) is 2. The van der Waals surface area contributed by atoms with E-state index >= 15 is 0 Å². The van der Waals surface area contributed by atoms with Crippen LogP contribution in [0.4, 0.5) is 0 Å². The van der Waals surface area contributed by atoms with Gasteiger partial charge in [-0.15, -0.1) is 0 Å². The quantitative estimate of drug-likeness (QED) is 0.0216. The minimum absolute atomic E-state index is 0.0543. The van der Waals surface area contributed by atoms with E-state index in [1.165, 1.54) is 167 Å². The third kappa shape index (κ3) is 42.2. The fourth-order valence-corrected chi connectivity index (χ4v) is 7.32. The lowest BCUT2D eigenvalue weighted by Gasteiger charge is -2.24. The Morgan fingerprint density at radius 3 is 1.37 bits per heavy atom. The van der Waals surface area contributed by atoms with Crippen molar-refractivity contribution in [2.45, 2.75) is 225 Å². The first-order chi connectivity index (χ1) is 26.1. The number of carbonyl (C=O) groups is 1. The fourth-order valence-electron chi connectivity index (χ4n) is 6.58. The first kappa shape index (κ1) is 53.1. The first-order valence-corrected chi connectivity index (χ1v) is 24.5. The maximum absolute atomic E-state index is 12.7. The summed E-state index contributed by atoms with van der Waals surface area (Å²) in [5.74, 6) is -0.331. The highest BCUT2D eigenvalue weighted by molar-refractivity contribution is 7.47. The summed E-state index contributed by atoms with van der Waals surface area (Å²) in [5, 5.41) is 0. The standard InChI is InChI=1S/C45H90NO7P/c1-6-8-10-12-14-16-18-20-22-23-24-25-26-28-30-32-34-36-38-45(47)53-44(43-52-54(48,49)51-41-39-46(3,4)5)42-50-40-37-35-33-31-29-27-21-19-17-15-13-11-9-7-2/h37,40,44H,6-36,38-39,41-43H2,1-5H3/p+1/b40-37+/t44-/m1/s1. The Labute approximate surface area is 335 Å². The van der Waals surface area contributed by atoms with Gasteiger partial charge in [0.25, 0.3) is 0 Å². The van der Waals surface area contributed by atoms with Gasteiger partial charge in [-0.25, -0.2) is 4.57 Å². The van der Waals surface area contributed by atoms with Crippen molar-refractivity contribution in [1.29, 1.82) is 0 Å². The van der Waals surface area contributed by atoms with Crippen molar-refractivity contribution in [3.05, 3.63) is 12.3 Å². The highest BCUT2D eigenvalue weighted by Crippen LogP contribution is 2.43. The fraction of sp³-hybridized carbons (Fsp3) is 0.933. The van der Waals surface area contributed by atoms with Gasteiger partial charge in [0.05, 0.1) is 34.0 Å². The Morgan fingerprint density at radius 1 is 0.574 bits per heavy atom. The van der Waals surface area contributed by atoms with Gasteiger partial charge >= 0.3 is 13.8 Å². The Hall–Kier alpha value is -0.920. The maximum atomic E-state index is 12.7. The summed E-state index contributed by atoms with van der Waals surface area (Å²) in [6.45, 7) is 4.97. The highest BCUT2D eigenvalue weighted by Gasteiger charge is 2.26. The zero-order valence-electron chi connectivity index (χ0n) is 36.5. The molecule has 0 spiro atoms. The Kier molecular flexibility index (Phi) is 38.3. The lowest BCUT2D eigenvalue weighted by molar-refractivity contribution is -0.870. The molecule has 0 aliphatic heterocycles. The maximum Gasteiger partial charge on any atom is 0.472 e. The van der Waals surface area contributed by atoms with Gasteiger partial charge < -0.3 is 18.9 Å². The molecule has 1 N–H and O–H groups in total. The number of phosphoric ester groups is 1. The molecule has 54 heavy (non-hydrogen) atoms. The molecule has 0 aromatic heterocycles. The van der Waals surface area contributed by atoms with Crippen LogP contribution in [0, 0.1) is 0 Å². The van der Waals surface area contributed by atoms with Gasteiger partial charge in [-0.2, -0.15) is 0 Å². The van der Waals surface area contributed by atoms with Crippen molar-refractivity contribution in [2.24, 2.45) is 0 Å². The molecule has 0 rings (SSSR count). The Bertz CT molecular complexity index is 879. The van der Waals surface area contributed by atoms with Crippen LogP contribution in [0.1, 0.15) is 219 Å². The summed E-state index contributed by atoms with van der Waals surface area (Å²) in [6.07, 6.45) is 43.4. The van der Waals surface area contributed by atoms with E-state index < -0.39 is 13.9 Å². The van der Waals surface area contributed by atoms with Crippen LogP contribution in [0.3, 0.4) is 0 Å². The van der Waals surface area contributed by atoms with Gasteiger partial charge in [0.2, 0.25) is 0 Å². The van der Waals surface area contributed by atoms with Crippen LogP contribution in [0.25, 0.3) is 0 Å². The summed E-state index contributed by atoms with van der Waals surface area (Å²) >= 11 is 0. The van der Waals surface area contributed by atoms with Gasteiger partial charge in [-0.3, -0.25) is 13.8 Å². The van der Waals surface area contributed by atoms with E-state index in [9.17, 15) is 14.3 Å². The van der Waals surface area contributed by atoms with Crippen molar-refractivity contribution >= 4 is 13.8 Å². The van der Waals surface area contributed by atoms with E-state index in [0.29, 0.717) is 17.4 Å². The number of unbranched alkanes of at least 4 members (excludes halogenated alkanes) is 29. The number of carbonyl (C=O) groups excluding carboxylic acids is 1. The number of esters is 1. The second kappa shape index (κ2) is 38.9. The second-order valence-corrected chi connectivity index (χ2v) is 18.3. The molecule has 9 heteroatoms. The minimum Gasteiger partial charge on any atom is -0.498 e. The number of quaternary nitrogens is 1. The lowest BCUT2D eigenvalue weighted by atomic mass is 10.0. The molecule has 0 heterocycles. The molecule has 0 radical (unpaired) electrons. The predicted molar refractivity (Wildman–Crippen MR) is 229 cm³/mol. The summed E-state index contributed by atoms with van der Waals surface area (Å²) < 4.78 is 34.8. The number of allylic oxidation sites excluding steroid dienone is 1. The summed E-state index contributed by atoms with van der Waals surface area (Å²) in [7, 11) is 1.65. The largest absolute Gasteiger partial charge is 0.498 e. The van der Waals surface area contributed by atoms with Crippen molar-refractivity contribution in [2.75, 3.05) is 47.5 Å². The van der Waals surface area contributed by atoms with E-state index in [1.807, 2.05) is 27.2 Å². The predicted octanol–water partition coefficient (Wildman–Crippen LogP) is 13.8. The number of hydrogen-bond donors (Lipinski definition) is 1. The molecule has 0 aromatic carbocycles. The minimum atomic E-state index is -4.28. The van der Waals surface area contributed by atoms with Crippen LogP contribution in [0.5, 0.6) is 0 Å². The van der Waals surface area contributed by atoms with Gasteiger partial charge in [0, 0.05) is 6.42 Å². The third-order valence-corrected chi connectivity index (χ3v) is 11.2. The molecule has 322 valence electrons. The van der Waals surface area contributed by atoms with Crippen molar-refractivity contribution in [3.63, 3.8) is 0 Å². The Morgan fingerprint density at radius 2 is 0.963 bits per heavy atom. The SMILES string of the molecule is CCCCCCCCCCCCCC/C=C/OC[C@H](COP(=O)(O)OCC[N+](C)(C)C)OC(=O)CCCCCCCCCCCCCCCCCCCC. The van der Waals surface area contributed by atoms with Crippen molar-refractivity contribution in [3.8, 4) is 0 Å². The number of phosphoric acid groups is 1. The highest BCUT2D eigenvalue weighted by atomic mass is 31.2. The number of nitrogens with zero attached hydrogens (tertiary/aromatic N) is 1. The molecule has 1 unspecified atom stereocenters. The number of rotatable bonds is 43. The van der Waals surface area contributed by atoms with Gasteiger partial charge in [-0.05, 0) is 25.3 Å². The van der Waals surface area contributed by atoms with Gasteiger partial charge in [0.15, 0.2) is 6.10 Å². The lowest BCUT2D eigenvalue weighted by Crippen LogP contribution is -2.37. The molecule has 0 bridgehead atoms. The zero-order valence-corrected chi connectivity index (χ0v) is 37.4. The van der Waals surface area contributed by atoms with Crippen LogP contribution in [-0.4, -0.2) is 69.0 Å². The van der Waals surface area contributed by atoms with E-state index in [1.54, 1.807) is 6.26 Å². The van der Waals surface area contributed by atoms with Crippen molar-refractivity contribution < 1.29 is 37.3 Å². The van der Waals surface area contributed by atoms with Crippen LogP contribution in [0.15, 0.2) is 12.3 Å². The average molecular weight is 789 g/mol. The molecule has 2 atom stereocenters. The summed E-state index contributed by atoms with van der Waals surface area (Å²) in [5.41, 5.74) is 0. The monoisotopic (exact) mass is 789 g/mol. The van der Waals surface area contributed by atoms with Gasteiger partial charge in [-0.1, -0.05) is 194 Å². The van der Waals surface area contributed by atoms with E-state index in [4.69, 9.17) is 18.5 Å². The first-order valence-electron chi connectivity index (χ1n) is 23.0. The van der Waals surface area contributed by atoms with E-state index in [-0.39, 0.29) is 25.8 Å².